The van der Waals surface area contributed by atoms with Crippen LogP contribution in [0.25, 0.3) is 0 Å². The predicted octanol–water partition coefficient (Wildman–Crippen LogP) is 5.14. The maximum atomic E-state index is 6.08. The molecule has 0 aromatic heterocycles. The molecule has 98 valence electrons. The second-order valence-corrected chi connectivity index (χ2v) is 5.57. The molecule has 1 aliphatic rings. The summed E-state index contributed by atoms with van der Waals surface area (Å²) < 4.78 is 6.08. The van der Waals surface area contributed by atoms with Crippen molar-refractivity contribution in [1.29, 1.82) is 0 Å². The lowest BCUT2D eigenvalue weighted by atomic mass is 9.64. The van der Waals surface area contributed by atoms with Crippen LogP contribution >= 0.6 is 0 Å². The minimum absolute atomic E-state index is 0.0609. The molecule has 0 N–H and O–H groups in total. The maximum Gasteiger partial charge on any atom is 0.131 e. The number of rotatable bonds is 2. The van der Waals surface area contributed by atoms with E-state index in [1.165, 1.54) is 11.1 Å². The molecule has 3 rings (SSSR count). The van der Waals surface area contributed by atoms with E-state index in [1.807, 2.05) is 12.1 Å². The standard InChI is InChI=1S/C18H20O/c1-4-18(13(2)3)14-9-5-7-11-16(14)19-17-12-8-6-10-15(17)18/h5-13H,4H2,1-3H3. The van der Waals surface area contributed by atoms with Crippen LogP contribution in [0.2, 0.25) is 0 Å². The molecule has 0 saturated heterocycles. The van der Waals surface area contributed by atoms with Crippen molar-refractivity contribution in [3.05, 3.63) is 59.7 Å². The zero-order chi connectivity index (χ0) is 13.5. The van der Waals surface area contributed by atoms with Gasteiger partial charge in [0.05, 0.1) is 0 Å². The lowest BCUT2D eigenvalue weighted by molar-refractivity contribution is 0.309. The summed E-state index contributed by atoms with van der Waals surface area (Å²) in [6.07, 6.45) is 1.09. The molecule has 19 heavy (non-hydrogen) atoms. The van der Waals surface area contributed by atoms with Gasteiger partial charge in [0, 0.05) is 16.5 Å². The molecule has 2 aromatic carbocycles. The second-order valence-electron chi connectivity index (χ2n) is 5.57. The Morgan fingerprint density at radius 3 is 1.79 bits per heavy atom. The first-order chi connectivity index (χ1) is 9.20. The summed E-state index contributed by atoms with van der Waals surface area (Å²) in [6.45, 7) is 6.89. The van der Waals surface area contributed by atoms with E-state index < -0.39 is 0 Å². The van der Waals surface area contributed by atoms with Crippen molar-refractivity contribution in [3.8, 4) is 11.5 Å². The Hall–Kier alpha value is -1.76. The third-order valence-corrected chi connectivity index (χ3v) is 4.50. The molecule has 0 amide bonds. The van der Waals surface area contributed by atoms with Crippen LogP contribution in [0.1, 0.15) is 38.3 Å². The summed E-state index contributed by atoms with van der Waals surface area (Å²) in [7, 11) is 0. The highest BCUT2D eigenvalue weighted by Crippen LogP contribution is 2.53. The van der Waals surface area contributed by atoms with E-state index in [4.69, 9.17) is 4.74 Å². The van der Waals surface area contributed by atoms with Gasteiger partial charge in [0.15, 0.2) is 0 Å². The molecule has 0 unspecified atom stereocenters. The fraction of sp³-hybridized carbons (Fsp3) is 0.333. The third kappa shape index (κ3) is 1.61. The first-order valence-corrected chi connectivity index (χ1v) is 7.07. The normalized spacial score (nSPS) is 15.6. The first-order valence-electron chi connectivity index (χ1n) is 7.07. The number of para-hydroxylation sites is 2. The fourth-order valence-corrected chi connectivity index (χ4v) is 3.52. The smallest absolute Gasteiger partial charge is 0.131 e. The van der Waals surface area contributed by atoms with E-state index in [-0.39, 0.29) is 5.41 Å². The summed E-state index contributed by atoms with van der Waals surface area (Å²) in [4.78, 5) is 0. The van der Waals surface area contributed by atoms with Crippen LogP contribution in [-0.4, -0.2) is 0 Å². The Bertz CT molecular complexity index is 553. The van der Waals surface area contributed by atoms with Crippen molar-refractivity contribution < 1.29 is 4.74 Å². The van der Waals surface area contributed by atoms with E-state index in [0.717, 1.165) is 17.9 Å². The van der Waals surface area contributed by atoms with Crippen LogP contribution in [0.15, 0.2) is 48.5 Å². The summed E-state index contributed by atoms with van der Waals surface area (Å²) in [5, 5.41) is 0. The average molecular weight is 252 g/mol. The van der Waals surface area contributed by atoms with E-state index >= 15 is 0 Å². The van der Waals surface area contributed by atoms with Gasteiger partial charge in [-0.2, -0.15) is 0 Å². The van der Waals surface area contributed by atoms with Crippen molar-refractivity contribution in [2.75, 3.05) is 0 Å². The molecule has 0 radical (unpaired) electrons. The van der Waals surface area contributed by atoms with Crippen LogP contribution in [0.5, 0.6) is 11.5 Å². The Balaban J connectivity index is 2.33. The van der Waals surface area contributed by atoms with Crippen molar-refractivity contribution in [2.45, 2.75) is 32.6 Å². The minimum atomic E-state index is 0.0609. The van der Waals surface area contributed by atoms with E-state index in [9.17, 15) is 0 Å². The average Bonchev–Trinajstić information content (AvgIpc) is 2.44. The molecule has 0 aliphatic carbocycles. The molecule has 0 atom stereocenters. The number of ether oxygens (including phenoxy) is 1. The van der Waals surface area contributed by atoms with Gasteiger partial charge in [-0.3, -0.25) is 0 Å². The van der Waals surface area contributed by atoms with Crippen molar-refractivity contribution >= 4 is 0 Å². The Kier molecular flexibility index (Phi) is 2.85. The third-order valence-electron chi connectivity index (χ3n) is 4.50. The Morgan fingerprint density at radius 1 is 0.895 bits per heavy atom. The van der Waals surface area contributed by atoms with Gasteiger partial charge in [-0.25, -0.2) is 0 Å². The van der Waals surface area contributed by atoms with Gasteiger partial charge in [-0.05, 0) is 24.5 Å². The number of hydrogen-bond acceptors (Lipinski definition) is 1. The van der Waals surface area contributed by atoms with Crippen LogP contribution in [-0.2, 0) is 5.41 Å². The molecular formula is C18H20O. The molecular weight excluding hydrogens is 232 g/mol. The summed E-state index contributed by atoms with van der Waals surface area (Å²) in [6, 6.07) is 16.9. The van der Waals surface area contributed by atoms with Crippen LogP contribution in [0.4, 0.5) is 0 Å². The lowest BCUT2D eigenvalue weighted by Gasteiger charge is -2.43. The summed E-state index contributed by atoms with van der Waals surface area (Å²) >= 11 is 0. The predicted molar refractivity (Wildman–Crippen MR) is 78.9 cm³/mol. The quantitative estimate of drug-likeness (QED) is 0.718. The van der Waals surface area contributed by atoms with Crippen molar-refractivity contribution in [1.82, 2.24) is 0 Å². The highest BCUT2D eigenvalue weighted by molar-refractivity contribution is 5.57. The van der Waals surface area contributed by atoms with Gasteiger partial charge in [-0.1, -0.05) is 57.2 Å². The molecule has 1 nitrogen and oxygen atoms in total. The summed E-state index contributed by atoms with van der Waals surface area (Å²) in [5.41, 5.74) is 2.71. The molecule has 0 spiro atoms. The van der Waals surface area contributed by atoms with E-state index in [0.29, 0.717) is 5.92 Å². The van der Waals surface area contributed by atoms with Gasteiger partial charge in [0.2, 0.25) is 0 Å². The Morgan fingerprint density at radius 2 is 1.37 bits per heavy atom. The zero-order valence-electron chi connectivity index (χ0n) is 11.8. The minimum Gasteiger partial charge on any atom is -0.457 e. The molecule has 0 bridgehead atoms. The topological polar surface area (TPSA) is 9.23 Å². The molecule has 1 aliphatic heterocycles. The first kappa shape index (κ1) is 12.3. The monoisotopic (exact) mass is 252 g/mol. The van der Waals surface area contributed by atoms with Crippen LogP contribution in [0.3, 0.4) is 0 Å². The molecule has 1 heterocycles. The highest BCUT2D eigenvalue weighted by atomic mass is 16.5. The van der Waals surface area contributed by atoms with Crippen LogP contribution in [0, 0.1) is 5.92 Å². The number of fused-ring (bicyclic) bond motifs is 2. The highest BCUT2D eigenvalue weighted by Gasteiger charge is 2.42. The molecule has 0 saturated carbocycles. The summed E-state index contributed by atoms with van der Waals surface area (Å²) in [5.74, 6) is 2.55. The number of hydrogen-bond donors (Lipinski definition) is 0. The fourth-order valence-electron chi connectivity index (χ4n) is 3.52. The maximum absolute atomic E-state index is 6.08. The number of benzene rings is 2. The van der Waals surface area contributed by atoms with E-state index in [1.54, 1.807) is 0 Å². The van der Waals surface area contributed by atoms with Gasteiger partial charge in [0.1, 0.15) is 11.5 Å². The van der Waals surface area contributed by atoms with Gasteiger partial charge in [-0.15, -0.1) is 0 Å². The SMILES string of the molecule is CCC1(C(C)C)c2ccccc2Oc2ccccc21. The van der Waals surface area contributed by atoms with Gasteiger partial charge >= 0.3 is 0 Å². The largest absolute Gasteiger partial charge is 0.457 e. The van der Waals surface area contributed by atoms with E-state index in [2.05, 4.69) is 57.2 Å². The van der Waals surface area contributed by atoms with Gasteiger partial charge in [0.25, 0.3) is 0 Å². The Labute approximate surface area is 115 Å². The second kappa shape index (κ2) is 4.41. The molecule has 1 heteroatoms. The lowest BCUT2D eigenvalue weighted by Crippen LogP contribution is -2.36. The zero-order valence-corrected chi connectivity index (χ0v) is 11.8. The van der Waals surface area contributed by atoms with Crippen molar-refractivity contribution in [3.63, 3.8) is 0 Å². The molecule has 0 fully saturated rings. The van der Waals surface area contributed by atoms with Crippen LogP contribution < -0.4 is 4.74 Å². The molecule has 2 aromatic rings. The van der Waals surface area contributed by atoms with Crippen molar-refractivity contribution in [2.24, 2.45) is 5.92 Å². The van der Waals surface area contributed by atoms with Gasteiger partial charge < -0.3 is 4.74 Å².